The van der Waals surface area contributed by atoms with Crippen LogP contribution in [-0.2, 0) is 9.47 Å². The summed E-state index contributed by atoms with van der Waals surface area (Å²) in [6.07, 6.45) is 10.8. The molecule has 1 aromatic carbocycles. The minimum atomic E-state index is -0.279. The fourth-order valence-electron chi connectivity index (χ4n) is 5.28. The third-order valence-electron chi connectivity index (χ3n) is 8.04. The number of nitrogens with zero attached hydrogens (tertiary/aromatic N) is 6. The average molecular weight is 546 g/mol. The second kappa shape index (κ2) is 12.8. The maximum absolute atomic E-state index is 9.04. The monoisotopic (exact) mass is 545 g/mol. The van der Waals surface area contributed by atoms with E-state index in [-0.39, 0.29) is 5.60 Å². The van der Waals surface area contributed by atoms with Gasteiger partial charge in [0, 0.05) is 50.6 Å². The Hall–Kier alpha value is -3.52. The highest BCUT2D eigenvalue weighted by Crippen LogP contribution is 2.35. The van der Waals surface area contributed by atoms with E-state index >= 15 is 0 Å². The molecule has 212 valence electrons. The highest BCUT2D eigenvalue weighted by Gasteiger charge is 2.29. The molecule has 40 heavy (non-hydrogen) atoms. The predicted molar refractivity (Wildman–Crippen MR) is 153 cm³/mol. The van der Waals surface area contributed by atoms with Gasteiger partial charge in [-0.2, -0.15) is 5.26 Å². The minimum Gasteiger partial charge on any atom is -0.475 e. The molecule has 0 unspecified atom stereocenters. The van der Waals surface area contributed by atoms with E-state index in [1.807, 2.05) is 32.2 Å². The second-order valence-electron chi connectivity index (χ2n) is 11.1. The van der Waals surface area contributed by atoms with E-state index in [0.29, 0.717) is 36.1 Å². The third kappa shape index (κ3) is 6.97. The lowest BCUT2D eigenvalue weighted by Crippen LogP contribution is -2.45. The van der Waals surface area contributed by atoms with Crippen LogP contribution in [0.15, 0.2) is 42.9 Å². The van der Waals surface area contributed by atoms with Crippen LogP contribution in [0.5, 0.6) is 5.88 Å². The van der Waals surface area contributed by atoms with Gasteiger partial charge in [-0.05, 0) is 57.2 Å². The quantitative estimate of drug-likeness (QED) is 0.378. The van der Waals surface area contributed by atoms with Crippen molar-refractivity contribution in [2.75, 3.05) is 45.3 Å². The predicted octanol–water partition coefficient (Wildman–Crippen LogP) is 4.97. The zero-order valence-electron chi connectivity index (χ0n) is 23.7. The molecule has 1 N–H and O–H groups in total. The summed E-state index contributed by atoms with van der Waals surface area (Å²) in [4.78, 5) is 11.7. The Morgan fingerprint density at radius 2 is 1.70 bits per heavy atom. The van der Waals surface area contributed by atoms with E-state index in [2.05, 4.69) is 30.9 Å². The van der Waals surface area contributed by atoms with Crippen molar-refractivity contribution in [1.29, 1.82) is 5.26 Å². The van der Waals surface area contributed by atoms with Gasteiger partial charge < -0.3 is 19.5 Å². The Kier molecular flexibility index (Phi) is 8.94. The number of nitriles is 1. The fourth-order valence-corrected chi connectivity index (χ4v) is 5.28. The van der Waals surface area contributed by atoms with Gasteiger partial charge in [-0.25, -0.2) is 9.97 Å². The van der Waals surface area contributed by atoms with Crippen LogP contribution in [0.1, 0.15) is 57.6 Å². The van der Waals surface area contributed by atoms with Crippen LogP contribution in [0.2, 0.25) is 0 Å². The molecule has 0 amide bonds. The van der Waals surface area contributed by atoms with Crippen LogP contribution in [0.25, 0.3) is 11.1 Å². The van der Waals surface area contributed by atoms with Crippen molar-refractivity contribution >= 4 is 11.6 Å². The summed E-state index contributed by atoms with van der Waals surface area (Å²) in [7, 11) is 1.72. The van der Waals surface area contributed by atoms with Crippen molar-refractivity contribution in [3.63, 3.8) is 0 Å². The van der Waals surface area contributed by atoms with Crippen molar-refractivity contribution in [1.82, 2.24) is 24.6 Å². The number of morpholine rings is 1. The number of methoxy groups -OCH3 is 1. The number of aromatic nitrogens is 4. The average Bonchev–Trinajstić information content (AvgIpc) is 3.40. The smallest absolute Gasteiger partial charge is 0.256 e. The first-order valence-electron chi connectivity index (χ1n) is 14.1. The molecule has 0 spiro atoms. The molecule has 1 saturated carbocycles. The molecule has 3 aromatic rings. The van der Waals surface area contributed by atoms with Gasteiger partial charge >= 0.3 is 0 Å². The van der Waals surface area contributed by atoms with Gasteiger partial charge in [0.15, 0.2) is 0 Å². The molecule has 0 bridgehead atoms. The maximum atomic E-state index is 9.04. The van der Waals surface area contributed by atoms with Crippen molar-refractivity contribution in [2.24, 2.45) is 0 Å². The van der Waals surface area contributed by atoms with E-state index in [0.717, 1.165) is 75.2 Å². The molecule has 0 atom stereocenters. The molecule has 10 nitrogen and oxygen atoms in total. The number of ether oxygens (including phenoxy) is 3. The largest absolute Gasteiger partial charge is 0.475 e. The van der Waals surface area contributed by atoms with Gasteiger partial charge in [-0.15, -0.1) is 5.10 Å². The topological polar surface area (TPSA) is 110 Å². The minimum absolute atomic E-state index is 0.279. The molecule has 2 fully saturated rings. The van der Waals surface area contributed by atoms with Crippen molar-refractivity contribution in [3.05, 3.63) is 48.4 Å². The van der Waals surface area contributed by atoms with Gasteiger partial charge in [0.1, 0.15) is 5.69 Å². The Morgan fingerprint density at radius 1 is 1.02 bits per heavy atom. The summed E-state index contributed by atoms with van der Waals surface area (Å²) in [5.41, 5.74) is 2.92. The number of nitrogens with one attached hydrogen (secondary N) is 1. The summed E-state index contributed by atoms with van der Waals surface area (Å²) in [5.74, 6) is 1.01. The van der Waals surface area contributed by atoms with Gasteiger partial charge in [-0.1, -0.05) is 12.1 Å². The molecule has 10 heteroatoms. The van der Waals surface area contributed by atoms with Crippen LogP contribution in [0.4, 0.5) is 11.6 Å². The Labute approximate surface area is 236 Å². The van der Waals surface area contributed by atoms with Gasteiger partial charge in [0.25, 0.3) is 5.88 Å². The highest BCUT2D eigenvalue weighted by molar-refractivity contribution is 5.64. The summed E-state index contributed by atoms with van der Waals surface area (Å²) < 4.78 is 19.3. The van der Waals surface area contributed by atoms with E-state index in [9.17, 15) is 0 Å². The van der Waals surface area contributed by atoms with E-state index < -0.39 is 0 Å². The van der Waals surface area contributed by atoms with E-state index in [4.69, 9.17) is 24.6 Å². The Balaban J connectivity index is 1.28. The number of anilines is 2. The third-order valence-corrected chi connectivity index (χ3v) is 8.04. The summed E-state index contributed by atoms with van der Waals surface area (Å²) in [6.45, 7) is 8.32. The zero-order chi connectivity index (χ0) is 28.0. The summed E-state index contributed by atoms with van der Waals surface area (Å²) in [5, 5.41) is 17.2. The number of hydrogen-bond acceptors (Lipinski definition) is 9. The molecular weight excluding hydrogens is 506 g/mol. The molecule has 1 aliphatic heterocycles. The van der Waals surface area contributed by atoms with Gasteiger partial charge in [-0.3, -0.25) is 9.58 Å². The zero-order valence-corrected chi connectivity index (χ0v) is 23.7. The molecule has 0 radical (unpaired) electrons. The van der Waals surface area contributed by atoms with Crippen LogP contribution in [0.3, 0.4) is 0 Å². The first-order valence-corrected chi connectivity index (χ1v) is 14.1. The van der Waals surface area contributed by atoms with Crippen LogP contribution in [-0.4, -0.2) is 76.3 Å². The molecule has 1 aliphatic carbocycles. The van der Waals surface area contributed by atoms with Crippen LogP contribution < -0.4 is 10.1 Å². The highest BCUT2D eigenvalue weighted by atomic mass is 16.5. The number of hydrogen-bond donors (Lipinski definition) is 1. The summed E-state index contributed by atoms with van der Waals surface area (Å²) in [6, 6.07) is 10.5. The number of rotatable bonds is 10. The SMILES string of the molecule is COC(C)(C)CCOc1nn(C2CCC(N3CCOCC3)CC2)cc1Nc1ncc(-c2ccc(C#N)cc2)cn1. The van der Waals surface area contributed by atoms with E-state index in [1.165, 1.54) is 0 Å². The molecular formula is C30H39N7O3. The molecule has 5 rings (SSSR count). The van der Waals surface area contributed by atoms with Gasteiger partial charge in [0.2, 0.25) is 5.95 Å². The lowest BCUT2D eigenvalue weighted by Gasteiger charge is -2.38. The second-order valence-corrected chi connectivity index (χ2v) is 11.1. The van der Waals surface area contributed by atoms with Crippen molar-refractivity contribution < 1.29 is 14.2 Å². The lowest BCUT2D eigenvalue weighted by atomic mass is 9.90. The van der Waals surface area contributed by atoms with Crippen LogP contribution >= 0.6 is 0 Å². The first-order chi connectivity index (χ1) is 19.4. The molecule has 3 heterocycles. The fraction of sp³-hybridized carbons (Fsp3) is 0.533. The Morgan fingerprint density at radius 3 is 2.35 bits per heavy atom. The number of benzene rings is 1. The molecule has 1 saturated heterocycles. The normalized spacial score (nSPS) is 20.1. The summed E-state index contributed by atoms with van der Waals surface area (Å²) >= 11 is 0. The lowest BCUT2D eigenvalue weighted by molar-refractivity contribution is 0.00409. The standard InChI is InChI=1S/C30H39N7O3/c1-30(2,38-3)12-15-40-28-27(34-29-32-19-24(20-33-29)23-6-4-22(18-31)5-7-23)21-37(35-28)26-10-8-25(9-11-26)36-13-16-39-17-14-36/h4-7,19-21,25-26H,8-17H2,1-3H3,(H,32,33,34). The molecule has 2 aliphatic rings. The van der Waals surface area contributed by atoms with Crippen molar-refractivity contribution in [2.45, 2.75) is 63.6 Å². The first kappa shape index (κ1) is 28.0. The maximum Gasteiger partial charge on any atom is 0.256 e. The van der Waals surface area contributed by atoms with Crippen molar-refractivity contribution in [3.8, 4) is 23.1 Å². The molecule has 2 aromatic heterocycles. The Bertz CT molecular complexity index is 1270. The van der Waals surface area contributed by atoms with Crippen LogP contribution in [0, 0.1) is 11.3 Å². The van der Waals surface area contributed by atoms with E-state index in [1.54, 1.807) is 31.6 Å². The van der Waals surface area contributed by atoms with Gasteiger partial charge in [0.05, 0.1) is 49.3 Å².